The first-order valence-electron chi connectivity index (χ1n) is 6.49. The van der Waals surface area contributed by atoms with E-state index in [1.165, 1.54) is 12.8 Å². The van der Waals surface area contributed by atoms with Crippen LogP contribution in [0, 0.1) is 0 Å². The summed E-state index contributed by atoms with van der Waals surface area (Å²) in [5, 5.41) is 3.43. The van der Waals surface area contributed by atoms with Crippen molar-refractivity contribution in [1.29, 1.82) is 0 Å². The fourth-order valence-electron chi connectivity index (χ4n) is 1.84. The second-order valence-electron chi connectivity index (χ2n) is 4.74. The van der Waals surface area contributed by atoms with Crippen molar-refractivity contribution in [2.45, 2.75) is 32.0 Å². The lowest BCUT2D eigenvalue weighted by Gasteiger charge is -2.06. The lowest BCUT2D eigenvalue weighted by atomic mass is 10.3. The normalized spacial score (nSPS) is 14.6. The van der Waals surface area contributed by atoms with Gasteiger partial charge >= 0.3 is 0 Å². The van der Waals surface area contributed by atoms with Crippen molar-refractivity contribution < 1.29 is 9.15 Å². The molecule has 3 rings (SSSR count). The van der Waals surface area contributed by atoms with Gasteiger partial charge in [-0.2, -0.15) is 0 Å². The Morgan fingerprint density at radius 3 is 2.74 bits per heavy atom. The van der Waals surface area contributed by atoms with Gasteiger partial charge in [0.15, 0.2) is 0 Å². The molecule has 1 fully saturated rings. The first kappa shape index (κ1) is 12.8. The Morgan fingerprint density at radius 1 is 1.16 bits per heavy atom. The minimum Gasteiger partial charge on any atom is -0.484 e. The predicted octanol–water partition coefficient (Wildman–Crippen LogP) is 3.87. The van der Waals surface area contributed by atoms with Crippen LogP contribution in [0.25, 0.3) is 0 Å². The van der Waals surface area contributed by atoms with Crippen LogP contribution in [0.2, 0.25) is 0 Å². The molecule has 1 aliphatic carbocycles. The Balaban J connectivity index is 1.53. The van der Waals surface area contributed by atoms with Gasteiger partial charge in [-0.25, -0.2) is 0 Å². The Labute approximate surface area is 121 Å². The number of hydrogen-bond donors (Lipinski definition) is 1. The Kier molecular flexibility index (Phi) is 3.89. The molecular weight excluding hydrogens is 306 g/mol. The predicted molar refractivity (Wildman–Crippen MR) is 77.0 cm³/mol. The van der Waals surface area contributed by atoms with Gasteiger partial charge in [-0.15, -0.1) is 0 Å². The largest absolute Gasteiger partial charge is 0.484 e. The zero-order valence-electron chi connectivity index (χ0n) is 10.6. The average Bonchev–Trinajstić information content (AvgIpc) is 3.14. The Hall–Kier alpha value is -1.26. The lowest BCUT2D eigenvalue weighted by molar-refractivity contribution is 0.263. The fourth-order valence-corrected chi connectivity index (χ4v) is 2.24. The molecule has 0 radical (unpaired) electrons. The molecule has 2 aromatic rings. The summed E-state index contributed by atoms with van der Waals surface area (Å²) in [6.45, 7) is 1.26. The summed E-state index contributed by atoms with van der Waals surface area (Å²) in [5.41, 5.74) is 0. The first-order valence-corrected chi connectivity index (χ1v) is 7.29. The molecule has 0 aliphatic heterocycles. The highest BCUT2D eigenvalue weighted by Crippen LogP contribution is 2.25. The van der Waals surface area contributed by atoms with Crippen LogP contribution in [0.15, 0.2) is 45.3 Å². The topological polar surface area (TPSA) is 34.4 Å². The number of halogens is 1. The van der Waals surface area contributed by atoms with Crippen molar-refractivity contribution in [3.8, 4) is 5.75 Å². The highest BCUT2D eigenvalue weighted by atomic mass is 79.9. The van der Waals surface area contributed by atoms with E-state index in [1.807, 2.05) is 36.4 Å². The SMILES string of the molecule is Brc1ccccc1OCc1ccc(CNC2CC2)o1. The fraction of sp³-hybridized carbons (Fsp3) is 0.333. The third-order valence-corrected chi connectivity index (χ3v) is 3.72. The van der Waals surface area contributed by atoms with Crippen molar-refractivity contribution in [1.82, 2.24) is 5.32 Å². The zero-order valence-corrected chi connectivity index (χ0v) is 12.2. The van der Waals surface area contributed by atoms with Crippen molar-refractivity contribution in [3.63, 3.8) is 0 Å². The van der Waals surface area contributed by atoms with Gasteiger partial charge in [0.2, 0.25) is 0 Å². The van der Waals surface area contributed by atoms with Crippen molar-refractivity contribution in [3.05, 3.63) is 52.4 Å². The molecule has 0 bridgehead atoms. The molecule has 100 valence electrons. The van der Waals surface area contributed by atoms with E-state index >= 15 is 0 Å². The maximum absolute atomic E-state index is 5.72. The standard InChI is InChI=1S/C15H16BrNO2/c16-14-3-1-2-4-15(14)18-10-13-8-7-12(19-13)9-17-11-5-6-11/h1-4,7-8,11,17H,5-6,9-10H2. The van der Waals surface area contributed by atoms with Gasteiger partial charge in [0.25, 0.3) is 0 Å². The third kappa shape index (κ3) is 3.61. The van der Waals surface area contributed by atoms with Gasteiger partial charge in [-0.05, 0) is 53.0 Å². The highest BCUT2D eigenvalue weighted by molar-refractivity contribution is 9.10. The quantitative estimate of drug-likeness (QED) is 0.877. The van der Waals surface area contributed by atoms with Crippen LogP contribution in [0.1, 0.15) is 24.4 Å². The van der Waals surface area contributed by atoms with Crippen molar-refractivity contribution >= 4 is 15.9 Å². The molecule has 1 heterocycles. The number of para-hydroxylation sites is 1. The molecule has 3 nitrogen and oxygen atoms in total. The third-order valence-electron chi connectivity index (χ3n) is 3.07. The van der Waals surface area contributed by atoms with Gasteiger partial charge in [0.1, 0.15) is 23.9 Å². The van der Waals surface area contributed by atoms with E-state index in [1.54, 1.807) is 0 Å². The average molecular weight is 322 g/mol. The summed E-state index contributed by atoms with van der Waals surface area (Å²) in [6.07, 6.45) is 2.58. The first-order chi connectivity index (χ1) is 9.31. The molecule has 0 atom stereocenters. The van der Waals surface area contributed by atoms with Crippen LogP contribution in [-0.2, 0) is 13.2 Å². The number of furan rings is 1. The molecule has 0 unspecified atom stereocenters. The summed E-state index contributed by atoms with van der Waals surface area (Å²) in [4.78, 5) is 0. The van der Waals surface area contributed by atoms with Gasteiger partial charge in [-0.3, -0.25) is 0 Å². The van der Waals surface area contributed by atoms with Crippen molar-refractivity contribution in [2.75, 3.05) is 0 Å². The molecule has 1 aromatic carbocycles. The summed E-state index contributed by atoms with van der Waals surface area (Å²) < 4.78 is 12.4. The molecule has 1 aromatic heterocycles. The minimum absolute atomic E-state index is 0.450. The smallest absolute Gasteiger partial charge is 0.146 e. The molecule has 19 heavy (non-hydrogen) atoms. The minimum atomic E-state index is 0.450. The van der Waals surface area contributed by atoms with Crippen LogP contribution in [0.3, 0.4) is 0 Å². The number of ether oxygens (including phenoxy) is 1. The van der Waals surface area contributed by atoms with E-state index in [0.717, 1.165) is 28.3 Å². The molecular formula is C15H16BrNO2. The molecule has 1 saturated carbocycles. The summed E-state index contributed by atoms with van der Waals surface area (Å²) in [5.74, 6) is 2.65. The van der Waals surface area contributed by atoms with Crippen molar-refractivity contribution in [2.24, 2.45) is 0 Å². The lowest BCUT2D eigenvalue weighted by Crippen LogP contribution is -2.14. The van der Waals surface area contributed by atoms with Gasteiger partial charge in [0.05, 0.1) is 11.0 Å². The van der Waals surface area contributed by atoms with Crippen LogP contribution >= 0.6 is 15.9 Å². The monoisotopic (exact) mass is 321 g/mol. The second-order valence-corrected chi connectivity index (χ2v) is 5.60. The van der Waals surface area contributed by atoms with Crippen LogP contribution in [0.5, 0.6) is 5.75 Å². The highest BCUT2D eigenvalue weighted by Gasteiger charge is 2.20. The zero-order chi connectivity index (χ0) is 13.1. The molecule has 0 amide bonds. The maximum atomic E-state index is 5.72. The number of rotatable bonds is 6. The number of benzene rings is 1. The van der Waals surface area contributed by atoms with Crippen LogP contribution in [-0.4, -0.2) is 6.04 Å². The summed E-state index contributed by atoms with van der Waals surface area (Å²) in [6, 6.07) is 12.5. The van der Waals surface area contributed by atoms with E-state index in [2.05, 4.69) is 21.2 Å². The molecule has 1 aliphatic rings. The number of hydrogen-bond acceptors (Lipinski definition) is 3. The van der Waals surface area contributed by atoms with E-state index in [9.17, 15) is 0 Å². The van der Waals surface area contributed by atoms with Gasteiger partial charge in [-0.1, -0.05) is 12.1 Å². The Bertz CT molecular complexity index is 549. The Morgan fingerprint density at radius 2 is 1.95 bits per heavy atom. The van der Waals surface area contributed by atoms with Gasteiger partial charge < -0.3 is 14.5 Å². The number of nitrogens with one attached hydrogen (secondary N) is 1. The maximum Gasteiger partial charge on any atom is 0.146 e. The van der Waals surface area contributed by atoms with Crippen LogP contribution in [0.4, 0.5) is 0 Å². The summed E-state index contributed by atoms with van der Waals surface area (Å²) in [7, 11) is 0. The summed E-state index contributed by atoms with van der Waals surface area (Å²) >= 11 is 3.46. The van der Waals surface area contributed by atoms with Crippen LogP contribution < -0.4 is 10.1 Å². The second kappa shape index (κ2) is 5.80. The molecule has 1 N–H and O–H groups in total. The van der Waals surface area contributed by atoms with E-state index < -0.39 is 0 Å². The van der Waals surface area contributed by atoms with E-state index in [-0.39, 0.29) is 0 Å². The molecule has 4 heteroatoms. The molecule has 0 spiro atoms. The van der Waals surface area contributed by atoms with E-state index in [0.29, 0.717) is 12.6 Å². The van der Waals surface area contributed by atoms with Gasteiger partial charge in [0, 0.05) is 6.04 Å². The van der Waals surface area contributed by atoms with E-state index in [4.69, 9.17) is 9.15 Å². The molecule has 0 saturated heterocycles.